The maximum absolute atomic E-state index is 11.8. The van der Waals surface area contributed by atoms with E-state index >= 15 is 0 Å². The average molecular weight is 293 g/mol. The first-order valence-corrected chi connectivity index (χ1v) is 7.28. The Morgan fingerprint density at radius 3 is 2.75 bits per heavy atom. The second-order valence-electron chi connectivity index (χ2n) is 5.65. The normalized spacial score (nSPS) is 13.2. The van der Waals surface area contributed by atoms with E-state index < -0.39 is 11.5 Å². The first kappa shape index (κ1) is 14.8. The van der Waals surface area contributed by atoms with E-state index in [2.05, 4.69) is 5.32 Å². The zero-order valence-electron chi connectivity index (χ0n) is 11.8. The molecule has 2 rings (SSSR count). The van der Waals surface area contributed by atoms with Crippen LogP contribution in [-0.2, 0) is 11.3 Å². The predicted molar refractivity (Wildman–Crippen MR) is 78.4 cm³/mol. The fraction of sp³-hybridized carbons (Fsp3) is 0.400. The Morgan fingerprint density at radius 2 is 2.15 bits per heavy atom. The summed E-state index contributed by atoms with van der Waals surface area (Å²) in [5, 5.41) is 13.0. The molecule has 5 heteroatoms. The molecule has 2 aromatic heterocycles. The molecule has 2 heterocycles. The van der Waals surface area contributed by atoms with Crippen LogP contribution in [0.15, 0.2) is 34.9 Å². The molecular formula is C15H19NO3S. The van der Waals surface area contributed by atoms with Crippen molar-refractivity contribution in [3.63, 3.8) is 0 Å². The van der Waals surface area contributed by atoms with Crippen molar-refractivity contribution in [2.75, 3.05) is 0 Å². The van der Waals surface area contributed by atoms with Crippen LogP contribution in [0.2, 0.25) is 0 Å². The summed E-state index contributed by atoms with van der Waals surface area (Å²) in [6, 6.07) is 7.26. The van der Waals surface area contributed by atoms with E-state index in [0.29, 0.717) is 12.3 Å². The molecule has 4 nitrogen and oxygen atoms in total. The van der Waals surface area contributed by atoms with Gasteiger partial charge in [0.2, 0.25) is 5.91 Å². The number of rotatable bonds is 4. The highest BCUT2D eigenvalue weighted by molar-refractivity contribution is 7.12. The van der Waals surface area contributed by atoms with Crippen LogP contribution in [-0.4, -0.2) is 11.0 Å². The topological polar surface area (TPSA) is 62.5 Å². The van der Waals surface area contributed by atoms with Crippen molar-refractivity contribution in [3.8, 4) is 0 Å². The highest BCUT2D eigenvalue weighted by Gasteiger charge is 2.21. The summed E-state index contributed by atoms with van der Waals surface area (Å²) in [5.41, 5.74) is -0.395. The van der Waals surface area contributed by atoms with Gasteiger partial charge >= 0.3 is 0 Å². The Morgan fingerprint density at radius 1 is 1.40 bits per heavy atom. The first-order valence-electron chi connectivity index (χ1n) is 6.46. The fourth-order valence-electron chi connectivity index (χ4n) is 1.66. The Balaban J connectivity index is 1.98. The SMILES string of the molecule is CC(C)(C)C(=O)NCc1ccc(C(O)c2ccco2)s1. The summed E-state index contributed by atoms with van der Waals surface area (Å²) in [4.78, 5) is 13.6. The van der Waals surface area contributed by atoms with Crippen molar-refractivity contribution in [2.45, 2.75) is 33.4 Å². The molecule has 1 unspecified atom stereocenters. The van der Waals surface area contributed by atoms with Gasteiger partial charge in [-0.1, -0.05) is 20.8 Å². The van der Waals surface area contributed by atoms with Crippen molar-refractivity contribution in [1.82, 2.24) is 5.32 Å². The van der Waals surface area contributed by atoms with Gasteiger partial charge in [0.15, 0.2) is 0 Å². The second-order valence-corrected chi connectivity index (χ2v) is 6.85. The Kier molecular flexibility index (Phi) is 4.30. The summed E-state index contributed by atoms with van der Waals surface area (Å²) in [6.07, 6.45) is 0.790. The smallest absolute Gasteiger partial charge is 0.225 e. The molecule has 0 bridgehead atoms. The van der Waals surface area contributed by atoms with E-state index in [4.69, 9.17) is 4.42 Å². The van der Waals surface area contributed by atoms with Gasteiger partial charge in [0.1, 0.15) is 11.9 Å². The van der Waals surface area contributed by atoms with Crippen molar-refractivity contribution >= 4 is 17.2 Å². The Hall–Kier alpha value is -1.59. The highest BCUT2D eigenvalue weighted by Crippen LogP contribution is 2.28. The maximum atomic E-state index is 11.8. The summed E-state index contributed by atoms with van der Waals surface area (Å²) in [6.45, 7) is 6.11. The molecule has 0 aliphatic rings. The molecule has 0 radical (unpaired) electrons. The number of furan rings is 1. The van der Waals surface area contributed by atoms with E-state index in [1.807, 2.05) is 32.9 Å². The van der Waals surface area contributed by atoms with E-state index in [-0.39, 0.29) is 5.91 Å². The Bertz CT molecular complexity index is 566. The molecule has 1 amide bonds. The van der Waals surface area contributed by atoms with Crippen LogP contribution in [0.5, 0.6) is 0 Å². The first-order chi connectivity index (χ1) is 9.38. The third-order valence-electron chi connectivity index (χ3n) is 2.87. The predicted octanol–water partition coefficient (Wildman–Crippen LogP) is 3.09. The minimum Gasteiger partial charge on any atom is -0.466 e. The van der Waals surface area contributed by atoms with Gasteiger partial charge in [0.25, 0.3) is 0 Å². The van der Waals surface area contributed by atoms with E-state index in [1.165, 1.54) is 17.6 Å². The molecule has 20 heavy (non-hydrogen) atoms. The lowest BCUT2D eigenvalue weighted by Crippen LogP contribution is -2.34. The molecule has 0 saturated carbocycles. The van der Waals surface area contributed by atoms with Crippen LogP contribution in [0.4, 0.5) is 0 Å². The zero-order valence-corrected chi connectivity index (χ0v) is 12.7. The fourth-order valence-corrected chi connectivity index (χ4v) is 2.60. The average Bonchev–Trinajstić information content (AvgIpc) is 3.05. The monoisotopic (exact) mass is 293 g/mol. The molecule has 0 fully saturated rings. The maximum Gasteiger partial charge on any atom is 0.225 e. The largest absolute Gasteiger partial charge is 0.466 e. The van der Waals surface area contributed by atoms with Crippen LogP contribution >= 0.6 is 11.3 Å². The third-order valence-corrected chi connectivity index (χ3v) is 4.01. The molecule has 2 N–H and O–H groups in total. The number of aliphatic hydroxyl groups is 1. The standard InChI is InChI=1S/C15H19NO3S/c1-15(2,3)14(18)16-9-10-6-7-12(20-10)13(17)11-5-4-8-19-11/h4-8,13,17H,9H2,1-3H3,(H,16,18). The number of thiophene rings is 1. The van der Waals surface area contributed by atoms with Gasteiger partial charge in [0, 0.05) is 15.2 Å². The number of hydrogen-bond acceptors (Lipinski definition) is 4. The molecular weight excluding hydrogens is 274 g/mol. The van der Waals surface area contributed by atoms with Gasteiger partial charge in [-0.05, 0) is 24.3 Å². The number of hydrogen-bond donors (Lipinski definition) is 2. The van der Waals surface area contributed by atoms with Crippen LogP contribution < -0.4 is 5.32 Å². The number of carbonyl (C=O) groups is 1. The van der Waals surface area contributed by atoms with Crippen molar-refractivity contribution in [2.24, 2.45) is 5.41 Å². The lowest BCUT2D eigenvalue weighted by molar-refractivity contribution is -0.128. The molecule has 2 aromatic rings. The molecule has 0 aliphatic heterocycles. The van der Waals surface area contributed by atoms with E-state index in [1.54, 1.807) is 12.1 Å². The molecule has 108 valence electrons. The van der Waals surface area contributed by atoms with Gasteiger partial charge in [-0.3, -0.25) is 4.79 Å². The highest BCUT2D eigenvalue weighted by atomic mass is 32.1. The van der Waals surface area contributed by atoms with Gasteiger partial charge in [-0.2, -0.15) is 0 Å². The summed E-state index contributed by atoms with van der Waals surface area (Å²) >= 11 is 1.47. The van der Waals surface area contributed by atoms with Crippen molar-refractivity contribution in [3.05, 3.63) is 46.0 Å². The number of aliphatic hydroxyl groups excluding tert-OH is 1. The Labute approximate surface area is 122 Å². The van der Waals surface area contributed by atoms with E-state index in [0.717, 1.165) is 9.75 Å². The van der Waals surface area contributed by atoms with Crippen LogP contribution in [0.1, 0.15) is 42.4 Å². The second kappa shape index (κ2) is 5.81. The van der Waals surface area contributed by atoms with Crippen LogP contribution in [0.3, 0.4) is 0 Å². The minimum atomic E-state index is -0.748. The number of amides is 1. The lowest BCUT2D eigenvalue weighted by atomic mass is 9.96. The molecule has 0 spiro atoms. The van der Waals surface area contributed by atoms with Crippen molar-refractivity contribution < 1.29 is 14.3 Å². The van der Waals surface area contributed by atoms with Crippen LogP contribution in [0, 0.1) is 5.41 Å². The molecule has 0 aromatic carbocycles. The number of nitrogens with one attached hydrogen (secondary N) is 1. The molecule has 0 aliphatic carbocycles. The van der Waals surface area contributed by atoms with Crippen LogP contribution in [0.25, 0.3) is 0 Å². The van der Waals surface area contributed by atoms with E-state index in [9.17, 15) is 9.90 Å². The summed E-state index contributed by atoms with van der Waals surface area (Å²) < 4.78 is 5.19. The van der Waals surface area contributed by atoms with Crippen molar-refractivity contribution in [1.29, 1.82) is 0 Å². The third kappa shape index (κ3) is 3.49. The van der Waals surface area contributed by atoms with Gasteiger partial charge in [-0.25, -0.2) is 0 Å². The zero-order chi connectivity index (χ0) is 14.8. The summed E-state index contributed by atoms with van der Waals surface area (Å²) in [5.74, 6) is 0.538. The number of carbonyl (C=O) groups excluding carboxylic acids is 1. The minimum absolute atomic E-state index is 0.0130. The lowest BCUT2D eigenvalue weighted by Gasteiger charge is -2.17. The van der Waals surface area contributed by atoms with Gasteiger partial charge < -0.3 is 14.8 Å². The van der Waals surface area contributed by atoms with Gasteiger partial charge in [-0.15, -0.1) is 11.3 Å². The quantitative estimate of drug-likeness (QED) is 0.910. The summed E-state index contributed by atoms with van der Waals surface area (Å²) in [7, 11) is 0. The van der Waals surface area contributed by atoms with Gasteiger partial charge in [0.05, 0.1) is 12.8 Å². The molecule has 0 saturated heterocycles. The molecule has 1 atom stereocenters.